The number of rotatable bonds is 7. The second-order valence-electron chi connectivity index (χ2n) is 8.35. The number of nitrogens with zero attached hydrogens (tertiary/aromatic N) is 4. The zero-order chi connectivity index (χ0) is 22.3. The number of piperazine rings is 1. The minimum absolute atomic E-state index is 0.0448. The lowest BCUT2D eigenvalue weighted by molar-refractivity contribution is -0.131. The average Bonchev–Trinajstić information content (AvgIpc) is 3.17. The van der Waals surface area contributed by atoms with Crippen LogP contribution >= 0.6 is 11.3 Å². The molecule has 31 heavy (non-hydrogen) atoms. The van der Waals surface area contributed by atoms with E-state index < -0.39 is 11.7 Å². The highest BCUT2D eigenvalue weighted by atomic mass is 32.1. The van der Waals surface area contributed by atoms with Crippen molar-refractivity contribution in [3.63, 3.8) is 0 Å². The summed E-state index contributed by atoms with van der Waals surface area (Å²) in [7, 11) is 0. The van der Waals surface area contributed by atoms with Crippen LogP contribution in [0.2, 0.25) is 0 Å². The lowest BCUT2D eigenvalue weighted by Gasteiger charge is -2.34. The van der Waals surface area contributed by atoms with Crippen LogP contribution in [-0.4, -0.2) is 76.6 Å². The molecule has 10 heteroatoms. The first-order valence-electron chi connectivity index (χ1n) is 10.4. The smallest absolute Gasteiger partial charge is 0.413 e. The lowest BCUT2D eigenvalue weighted by Crippen LogP contribution is -2.50. The van der Waals surface area contributed by atoms with E-state index in [1.54, 1.807) is 26.2 Å². The van der Waals surface area contributed by atoms with Crippen molar-refractivity contribution in [2.45, 2.75) is 32.8 Å². The van der Waals surface area contributed by atoms with Gasteiger partial charge in [-0.2, -0.15) is 0 Å². The molecule has 0 saturated carbocycles. The SMILES string of the molecule is CC(C)(C)OC(=O)Nc1nc(NCC(=O)N2CCN(CCc3ccncc3)CC2)cs1. The molecule has 2 amide bonds. The van der Waals surface area contributed by atoms with Crippen LogP contribution in [0.1, 0.15) is 26.3 Å². The second-order valence-corrected chi connectivity index (χ2v) is 9.20. The fraction of sp³-hybridized carbons (Fsp3) is 0.524. The molecule has 2 N–H and O–H groups in total. The topological polar surface area (TPSA) is 99.7 Å². The highest BCUT2D eigenvalue weighted by Crippen LogP contribution is 2.20. The number of aromatic nitrogens is 2. The van der Waals surface area contributed by atoms with Gasteiger partial charge < -0.3 is 15.0 Å². The predicted molar refractivity (Wildman–Crippen MR) is 121 cm³/mol. The third kappa shape index (κ3) is 7.80. The van der Waals surface area contributed by atoms with Gasteiger partial charge in [-0.15, -0.1) is 11.3 Å². The summed E-state index contributed by atoms with van der Waals surface area (Å²) < 4.78 is 5.21. The van der Waals surface area contributed by atoms with Gasteiger partial charge in [0.15, 0.2) is 5.13 Å². The van der Waals surface area contributed by atoms with Crippen molar-refractivity contribution in [2.24, 2.45) is 0 Å². The van der Waals surface area contributed by atoms with E-state index in [1.807, 2.05) is 29.4 Å². The number of hydrogen-bond donors (Lipinski definition) is 2. The third-order valence-electron chi connectivity index (χ3n) is 4.72. The van der Waals surface area contributed by atoms with Crippen LogP contribution < -0.4 is 10.6 Å². The van der Waals surface area contributed by atoms with Gasteiger partial charge >= 0.3 is 6.09 Å². The van der Waals surface area contributed by atoms with Gasteiger partial charge in [0.05, 0.1) is 6.54 Å². The van der Waals surface area contributed by atoms with Gasteiger partial charge in [0.2, 0.25) is 5.91 Å². The summed E-state index contributed by atoms with van der Waals surface area (Å²) in [5.74, 6) is 0.601. The maximum absolute atomic E-state index is 12.5. The molecule has 0 bridgehead atoms. The van der Waals surface area contributed by atoms with Crippen LogP contribution in [0.15, 0.2) is 29.9 Å². The van der Waals surface area contributed by atoms with Gasteiger partial charge in [0, 0.05) is 50.5 Å². The fourth-order valence-corrected chi connectivity index (χ4v) is 3.79. The predicted octanol–water partition coefficient (Wildman–Crippen LogP) is 2.68. The normalized spacial score (nSPS) is 14.9. The molecule has 1 saturated heterocycles. The van der Waals surface area contributed by atoms with Crippen LogP contribution in [0.4, 0.5) is 15.7 Å². The summed E-state index contributed by atoms with van der Waals surface area (Å²) in [5, 5.41) is 7.82. The van der Waals surface area contributed by atoms with Gasteiger partial charge in [-0.25, -0.2) is 9.78 Å². The number of thiazole rings is 1. The van der Waals surface area contributed by atoms with E-state index in [-0.39, 0.29) is 12.5 Å². The number of hydrogen-bond acceptors (Lipinski definition) is 8. The Hall–Kier alpha value is -2.72. The number of amides is 2. The largest absolute Gasteiger partial charge is 0.444 e. The maximum Gasteiger partial charge on any atom is 0.413 e. The first kappa shape index (κ1) is 23.0. The first-order valence-corrected chi connectivity index (χ1v) is 11.2. The van der Waals surface area contributed by atoms with E-state index in [9.17, 15) is 9.59 Å². The van der Waals surface area contributed by atoms with E-state index in [0.717, 1.165) is 39.1 Å². The molecule has 0 unspecified atom stereocenters. The molecule has 1 aliphatic rings. The molecule has 0 atom stereocenters. The molecule has 168 valence electrons. The Morgan fingerprint density at radius 2 is 1.87 bits per heavy atom. The van der Waals surface area contributed by atoms with Gasteiger partial charge in [-0.05, 0) is 44.9 Å². The minimum atomic E-state index is -0.572. The standard InChI is InChI=1S/C21H30N6O3S/c1-21(2,3)30-20(29)25-19-24-17(15-31-19)23-14-18(28)27-12-10-26(11-13-27)9-6-16-4-7-22-8-5-16/h4-5,7-8,15,23H,6,9-14H2,1-3H3,(H,24,25,29). The molecule has 1 aliphatic heterocycles. The van der Waals surface area contributed by atoms with Crippen molar-refractivity contribution in [2.75, 3.05) is 49.9 Å². The van der Waals surface area contributed by atoms with E-state index >= 15 is 0 Å². The van der Waals surface area contributed by atoms with Crippen molar-refractivity contribution < 1.29 is 14.3 Å². The molecular formula is C21H30N6O3S. The molecule has 0 aromatic carbocycles. The quantitative estimate of drug-likeness (QED) is 0.674. The molecular weight excluding hydrogens is 416 g/mol. The highest BCUT2D eigenvalue weighted by molar-refractivity contribution is 7.14. The van der Waals surface area contributed by atoms with Crippen LogP contribution in [0.5, 0.6) is 0 Å². The number of nitrogens with one attached hydrogen (secondary N) is 2. The Morgan fingerprint density at radius 1 is 1.16 bits per heavy atom. The van der Waals surface area contributed by atoms with Crippen LogP contribution in [-0.2, 0) is 16.0 Å². The number of carbonyl (C=O) groups is 2. The van der Waals surface area contributed by atoms with E-state index in [2.05, 4.69) is 25.5 Å². The molecule has 0 aliphatic carbocycles. The van der Waals surface area contributed by atoms with E-state index in [0.29, 0.717) is 10.9 Å². The van der Waals surface area contributed by atoms with Gasteiger partial charge in [0.1, 0.15) is 11.4 Å². The summed E-state index contributed by atoms with van der Waals surface area (Å²) in [6.07, 6.45) is 4.07. The van der Waals surface area contributed by atoms with Crippen molar-refractivity contribution in [1.29, 1.82) is 0 Å². The molecule has 1 fully saturated rings. The molecule has 3 rings (SSSR count). The Morgan fingerprint density at radius 3 is 2.55 bits per heavy atom. The monoisotopic (exact) mass is 446 g/mol. The zero-order valence-electron chi connectivity index (χ0n) is 18.3. The molecule has 9 nitrogen and oxygen atoms in total. The zero-order valence-corrected chi connectivity index (χ0v) is 19.1. The Kier molecular flexibility index (Phi) is 7.80. The van der Waals surface area contributed by atoms with Crippen molar-refractivity contribution in [3.8, 4) is 0 Å². The number of pyridine rings is 1. The fourth-order valence-electron chi connectivity index (χ4n) is 3.14. The van der Waals surface area contributed by atoms with Crippen molar-refractivity contribution in [3.05, 3.63) is 35.5 Å². The van der Waals surface area contributed by atoms with Crippen LogP contribution in [0.25, 0.3) is 0 Å². The second kappa shape index (κ2) is 10.5. The maximum atomic E-state index is 12.5. The van der Waals surface area contributed by atoms with Gasteiger partial charge in [-0.1, -0.05) is 0 Å². The molecule has 0 radical (unpaired) electrons. The molecule has 2 aromatic rings. The third-order valence-corrected chi connectivity index (χ3v) is 5.48. The molecule has 0 spiro atoms. The number of carbonyl (C=O) groups excluding carboxylic acids is 2. The molecule has 2 aromatic heterocycles. The Labute approximate surface area is 186 Å². The van der Waals surface area contributed by atoms with Crippen molar-refractivity contribution in [1.82, 2.24) is 19.8 Å². The number of anilines is 2. The van der Waals surface area contributed by atoms with Gasteiger partial charge in [-0.3, -0.25) is 20.0 Å². The number of ether oxygens (including phenoxy) is 1. The first-order chi connectivity index (χ1) is 14.8. The van der Waals surface area contributed by atoms with E-state index in [4.69, 9.17) is 4.74 Å². The summed E-state index contributed by atoms with van der Waals surface area (Å²) >= 11 is 1.27. The minimum Gasteiger partial charge on any atom is -0.444 e. The summed E-state index contributed by atoms with van der Waals surface area (Å²) in [4.78, 5) is 36.9. The Bertz CT molecular complexity index is 860. The molecule has 3 heterocycles. The summed E-state index contributed by atoms with van der Waals surface area (Å²) in [5.41, 5.74) is 0.708. The highest BCUT2D eigenvalue weighted by Gasteiger charge is 2.21. The summed E-state index contributed by atoms with van der Waals surface area (Å²) in [6.45, 7) is 9.74. The average molecular weight is 447 g/mol. The lowest BCUT2D eigenvalue weighted by atomic mass is 10.2. The van der Waals surface area contributed by atoms with E-state index in [1.165, 1.54) is 16.9 Å². The van der Waals surface area contributed by atoms with Gasteiger partial charge in [0.25, 0.3) is 0 Å². The summed E-state index contributed by atoms with van der Waals surface area (Å²) in [6, 6.07) is 4.08. The van der Waals surface area contributed by atoms with Crippen LogP contribution in [0.3, 0.4) is 0 Å². The Balaban J connectivity index is 1.36. The van der Waals surface area contributed by atoms with Crippen LogP contribution in [0, 0.1) is 0 Å². The van der Waals surface area contributed by atoms with Crippen molar-refractivity contribution >= 4 is 34.3 Å².